The van der Waals surface area contributed by atoms with Crippen molar-refractivity contribution in [3.8, 4) is 0 Å². The molecule has 0 aliphatic heterocycles. The van der Waals surface area contributed by atoms with E-state index in [2.05, 4.69) is 11.3 Å². The van der Waals surface area contributed by atoms with Crippen LogP contribution in [0, 0.1) is 5.41 Å². The third-order valence-corrected chi connectivity index (χ3v) is 1.88. The molecular formula is C9H14O4. The van der Waals surface area contributed by atoms with Gasteiger partial charge in [0.15, 0.2) is 0 Å². The second-order valence-electron chi connectivity index (χ2n) is 3.07. The van der Waals surface area contributed by atoms with Gasteiger partial charge in [-0.2, -0.15) is 0 Å². The Morgan fingerprint density at radius 3 is 1.92 bits per heavy atom. The molecule has 0 aliphatic carbocycles. The number of ether oxygens (including phenoxy) is 2. The maximum Gasteiger partial charge on any atom is 0.375 e. The molecule has 74 valence electrons. The van der Waals surface area contributed by atoms with Crippen LogP contribution < -0.4 is 0 Å². The van der Waals surface area contributed by atoms with E-state index >= 15 is 0 Å². The van der Waals surface area contributed by atoms with E-state index < -0.39 is 17.2 Å². The predicted octanol–water partition coefficient (Wildman–Crippen LogP) is 0.915. The smallest absolute Gasteiger partial charge is 0.375 e. The number of esters is 1. The van der Waals surface area contributed by atoms with Crippen molar-refractivity contribution in [1.82, 2.24) is 0 Å². The lowest BCUT2D eigenvalue weighted by Gasteiger charge is -2.22. The lowest BCUT2D eigenvalue weighted by Crippen LogP contribution is -2.34. The Morgan fingerprint density at radius 1 is 1.15 bits per heavy atom. The highest BCUT2D eigenvalue weighted by Crippen LogP contribution is 2.26. The molecule has 13 heavy (non-hydrogen) atoms. The molecule has 0 spiro atoms. The van der Waals surface area contributed by atoms with Gasteiger partial charge in [-0.05, 0) is 13.8 Å². The molecule has 4 nitrogen and oxygen atoms in total. The maximum absolute atomic E-state index is 11.4. The Kier molecular flexibility index (Phi) is 3.66. The molecule has 0 aromatic rings. The van der Waals surface area contributed by atoms with Crippen molar-refractivity contribution in [2.75, 3.05) is 14.2 Å². The molecule has 0 atom stereocenters. The molecule has 0 heterocycles. The minimum atomic E-state index is -1.04. The lowest BCUT2D eigenvalue weighted by atomic mass is 9.86. The summed E-state index contributed by atoms with van der Waals surface area (Å²) >= 11 is 0. The van der Waals surface area contributed by atoms with Crippen LogP contribution in [0.4, 0.5) is 0 Å². The summed E-state index contributed by atoms with van der Waals surface area (Å²) in [4.78, 5) is 22.3. The fourth-order valence-electron chi connectivity index (χ4n) is 0.730. The Morgan fingerprint density at radius 2 is 1.62 bits per heavy atom. The van der Waals surface area contributed by atoms with Crippen LogP contribution >= 0.6 is 0 Å². The second-order valence-corrected chi connectivity index (χ2v) is 3.07. The Balaban J connectivity index is 4.73. The minimum Gasteiger partial charge on any atom is -0.501 e. The summed E-state index contributed by atoms with van der Waals surface area (Å²) < 4.78 is 9.12. The van der Waals surface area contributed by atoms with Crippen molar-refractivity contribution in [1.29, 1.82) is 0 Å². The molecule has 0 N–H and O–H groups in total. The Bertz CT molecular complexity index is 240. The number of Topliss-reactive ketones (excluding diaryl/α,β-unsaturated/α-hetero) is 1. The Hall–Kier alpha value is -1.32. The van der Waals surface area contributed by atoms with Crippen molar-refractivity contribution in [3.05, 3.63) is 12.3 Å². The van der Waals surface area contributed by atoms with E-state index in [1.54, 1.807) is 13.8 Å². The lowest BCUT2D eigenvalue weighted by molar-refractivity contribution is -0.155. The van der Waals surface area contributed by atoms with Gasteiger partial charge in [0, 0.05) is 0 Å². The molecule has 0 saturated carbocycles. The molecule has 0 bridgehead atoms. The number of ketones is 1. The summed E-state index contributed by atoms with van der Waals surface area (Å²) in [5.74, 6) is -1.31. The minimum absolute atomic E-state index is 0.239. The SMILES string of the molecule is C=C(OC)C(C)(C)C(=O)C(=O)OC. The molecular weight excluding hydrogens is 172 g/mol. The van der Waals surface area contributed by atoms with Crippen molar-refractivity contribution < 1.29 is 19.1 Å². The molecule has 0 aliphatic rings. The van der Waals surface area contributed by atoms with Crippen LogP contribution in [0.15, 0.2) is 12.3 Å². The topological polar surface area (TPSA) is 52.6 Å². The van der Waals surface area contributed by atoms with Crippen LogP contribution in [0.5, 0.6) is 0 Å². The molecule has 0 aromatic heterocycles. The zero-order valence-electron chi connectivity index (χ0n) is 8.34. The summed E-state index contributed by atoms with van der Waals surface area (Å²) in [5.41, 5.74) is -1.04. The summed E-state index contributed by atoms with van der Waals surface area (Å²) in [6.45, 7) is 6.64. The number of allylic oxidation sites excluding steroid dienone is 1. The maximum atomic E-state index is 11.4. The normalized spacial score (nSPS) is 10.5. The molecule has 4 heteroatoms. The van der Waals surface area contributed by atoms with Gasteiger partial charge in [0.2, 0.25) is 0 Å². The van der Waals surface area contributed by atoms with Gasteiger partial charge in [-0.25, -0.2) is 4.79 Å². The molecule has 0 rings (SSSR count). The number of carbonyl (C=O) groups is 2. The zero-order valence-corrected chi connectivity index (χ0v) is 8.34. The quantitative estimate of drug-likeness (QED) is 0.372. The molecule has 0 radical (unpaired) electrons. The van der Waals surface area contributed by atoms with E-state index in [1.807, 2.05) is 0 Å². The van der Waals surface area contributed by atoms with Crippen molar-refractivity contribution >= 4 is 11.8 Å². The van der Waals surface area contributed by atoms with Crippen LogP contribution in [-0.4, -0.2) is 26.0 Å². The van der Waals surface area contributed by atoms with E-state index in [1.165, 1.54) is 7.11 Å². The first kappa shape index (κ1) is 11.7. The van der Waals surface area contributed by atoms with E-state index in [0.717, 1.165) is 7.11 Å². The van der Waals surface area contributed by atoms with Gasteiger partial charge in [0.05, 0.1) is 19.6 Å². The van der Waals surface area contributed by atoms with Gasteiger partial charge in [-0.15, -0.1) is 0 Å². The van der Waals surface area contributed by atoms with Crippen molar-refractivity contribution in [2.24, 2.45) is 5.41 Å². The van der Waals surface area contributed by atoms with Crippen molar-refractivity contribution in [3.63, 3.8) is 0 Å². The van der Waals surface area contributed by atoms with Crippen LogP contribution in [0.3, 0.4) is 0 Å². The van der Waals surface area contributed by atoms with Crippen LogP contribution in [0.2, 0.25) is 0 Å². The van der Waals surface area contributed by atoms with Crippen molar-refractivity contribution in [2.45, 2.75) is 13.8 Å². The molecule has 0 amide bonds. The first-order valence-corrected chi connectivity index (χ1v) is 3.74. The van der Waals surface area contributed by atoms with E-state index in [9.17, 15) is 9.59 Å². The number of hydrogen-bond donors (Lipinski definition) is 0. The number of carbonyl (C=O) groups excluding carboxylic acids is 2. The summed E-state index contributed by atoms with van der Waals surface area (Å²) in [5, 5.41) is 0. The average molecular weight is 186 g/mol. The largest absolute Gasteiger partial charge is 0.501 e. The molecule has 0 saturated heterocycles. The highest BCUT2D eigenvalue weighted by molar-refractivity contribution is 6.36. The highest BCUT2D eigenvalue weighted by atomic mass is 16.5. The standard InChI is InChI=1S/C9H14O4/c1-6(12-4)9(2,3)7(10)8(11)13-5/h1H2,2-5H3. The molecule has 0 aromatic carbocycles. The average Bonchev–Trinajstić information content (AvgIpc) is 2.13. The van der Waals surface area contributed by atoms with Crippen LogP contribution in [0.1, 0.15) is 13.8 Å². The van der Waals surface area contributed by atoms with Gasteiger partial charge in [0.25, 0.3) is 5.78 Å². The summed E-state index contributed by atoms with van der Waals surface area (Å²) in [6.07, 6.45) is 0. The van der Waals surface area contributed by atoms with Gasteiger partial charge in [-0.1, -0.05) is 6.58 Å². The molecule has 0 fully saturated rings. The van der Waals surface area contributed by atoms with E-state index in [4.69, 9.17) is 4.74 Å². The predicted molar refractivity (Wildman–Crippen MR) is 47.0 cm³/mol. The first-order chi connectivity index (χ1) is 5.87. The molecule has 0 unspecified atom stereocenters. The fraction of sp³-hybridized carbons (Fsp3) is 0.556. The monoisotopic (exact) mass is 186 g/mol. The number of rotatable bonds is 4. The van der Waals surface area contributed by atoms with E-state index in [0.29, 0.717) is 0 Å². The van der Waals surface area contributed by atoms with E-state index in [-0.39, 0.29) is 5.76 Å². The summed E-state index contributed by atoms with van der Waals surface area (Å²) in [7, 11) is 2.56. The fourth-order valence-corrected chi connectivity index (χ4v) is 0.730. The Labute approximate surface area is 77.5 Å². The van der Waals surface area contributed by atoms with Crippen LogP contribution in [-0.2, 0) is 19.1 Å². The number of methoxy groups -OCH3 is 2. The van der Waals surface area contributed by atoms with Crippen LogP contribution in [0.25, 0.3) is 0 Å². The zero-order chi connectivity index (χ0) is 10.6. The van der Waals surface area contributed by atoms with Gasteiger partial charge < -0.3 is 9.47 Å². The van der Waals surface area contributed by atoms with Gasteiger partial charge in [0.1, 0.15) is 5.76 Å². The first-order valence-electron chi connectivity index (χ1n) is 3.74. The third-order valence-electron chi connectivity index (χ3n) is 1.88. The summed E-state index contributed by atoms with van der Waals surface area (Å²) in [6, 6.07) is 0. The number of hydrogen-bond acceptors (Lipinski definition) is 4. The van der Waals surface area contributed by atoms with Gasteiger partial charge >= 0.3 is 5.97 Å². The third kappa shape index (κ3) is 2.31. The van der Waals surface area contributed by atoms with Gasteiger partial charge in [-0.3, -0.25) is 4.79 Å². The highest BCUT2D eigenvalue weighted by Gasteiger charge is 2.37. The second kappa shape index (κ2) is 4.07.